The van der Waals surface area contributed by atoms with Gasteiger partial charge >= 0.3 is 0 Å². The number of amides is 1. The van der Waals surface area contributed by atoms with Gasteiger partial charge in [0.1, 0.15) is 0 Å². The molecule has 176 valence electrons. The Morgan fingerprint density at radius 1 is 1.03 bits per heavy atom. The van der Waals surface area contributed by atoms with Gasteiger partial charge in [-0.25, -0.2) is 0 Å². The number of fused-ring (bicyclic) bond motifs is 1. The van der Waals surface area contributed by atoms with E-state index in [2.05, 4.69) is 36.7 Å². The maximum Gasteiger partial charge on any atom is 0.264 e. The number of ketones is 1. The third-order valence-electron chi connectivity index (χ3n) is 6.13. The topological polar surface area (TPSA) is 57.6 Å². The summed E-state index contributed by atoms with van der Waals surface area (Å²) >= 11 is 15.8. The number of carbonyl (C=O) groups excluding carboxylic acids is 2. The fourth-order valence-corrected chi connectivity index (χ4v) is 4.99. The van der Waals surface area contributed by atoms with Gasteiger partial charge in [-0.05, 0) is 46.9 Å². The van der Waals surface area contributed by atoms with E-state index in [0.29, 0.717) is 36.9 Å². The molecule has 0 radical (unpaired) electrons. The van der Waals surface area contributed by atoms with Crippen molar-refractivity contribution in [3.8, 4) is 0 Å². The van der Waals surface area contributed by atoms with E-state index in [-0.39, 0.29) is 24.2 Å². The number of Topliss-reactive ketones (excluding diaryl/α,β-unsaturated/α-hetero) is 1. The summed E-state index contributed by atoms with van der Waals surface area (Å²) in [6, 6.07) is 17.6. The maximum atomic E-state index is 13.6. The number of anilines is 1. The van der Waals surface area contributed by atoms with Gasteiger partial charge < -0.3 is 10.0 Å². The van der Waals surface area contributed by atoms with Crippen molar-refractivity contribution in [2.45, 2.75) is 44.8 Å². The average molecular weight is 561 g/mol. The molecule has 1 N–H and O–H groups in total. The van der Waals surface area contributed by atoms with Crippen molar-refractivity contribution in [1.82, 2.24) is 0 Å². The first-order chi connectivity index (χ1) is 15.9. The van der Waals surface area contributed by atoms with E-state index in [4.69, 9.17) is 23.2 Å². The number of aliphatic hydroxyl groups is 1. The highest BCUT2D eigenvalue weighted by Gasteiger charge is 2.51. The fourth-order valence-electron chi connectivity index (χ4n) is 4.16. The van der Waals surface area contributed by atoms with Crippen molar-refractivity contribution in [3.63, 3.8) is 0 Å². The molecule has 1 atom stereocenters. The zero-order valence-electron chi connectivity index (χ0n) is 19.0. The molecule has 1 unspecified atom stereocenters. The molecule has 1 amide bonds. The van der Waals surface area contributed by atoms with Crippen molar-refractivity contribution >= 4 is 56.5 Å². The van der Waals surface area contributed by atoms with E-state index < -0.39 is 11.5 Å². The van der Waals surface area contributed by atoms with Crippen molar-refractivity contribution < 1.29 is 14.7 Å². The Labute approximate surface area is 217 Å². The lowest BCUT2D eigenvalue weighted by molar-refractivity contribution is -0.136. The standard InChI is InChI=1S/C27H24BrCl2NO3/c1-26(2,3)18-7-4-16(5-8-18)24(32)14-27(34)21-12-19(28)9-11-23(21)31(25(27)33)15-17-6-10-20(29)13-22(17)30/h4-13,34H,14-15H2,1-3H3. The van der Waals surface area contributed by atoms with E-state index in [1.54, 1.807) is 48.5 Å². The third-order valence-corrected chi connectivity index (χ3v) is 7.21. The molecule has 0 aliphatic carbocycles. The van der Waals surface area contributed by atoms with Crippen LogP contribution in [-0.2, 0) is 22.4 Å². The molecule has 1 heterocycles. The first kappa shape index (κ1) is 24.9. The molecule has 7 heteroatoms. The minimum absolute atomic E-state index is 0.0458. The molecule has 4 nitrogen and oxygen atoms in total. The zero-order chi connectivity index (χ0) is 24.8. The number of rotatable bonds is 5. The molecule has 4 rings (SSSR count). The van der Waals surface area contributed by atoms with Gasteiger partial charge in [0.2, 0.25) is 0 Å². The Morgan fingerprint density at radius 3 is 2.32 bits per heavy atom. The van der Waals surface area contributed by atoms with Crippen molar-refractivity contribution in [2.24, 2.45) is 0 Å². The van der Waals surface area contributed by atoms with Gasteiger partial charge in [-0.15, -0.1) is 0 Å². The van der Waals surface area contributed by atoms with Crippen LogP contribution in [0.15, 0.2) is 65.1 Å². The average Bonchev–Trinajstić information content (AvgIpc) is 2.96. The largest absolute Gasteiger partial charge is 0.375 e. The summed E-state index contributed by atoms with van der Waals surface area (Å²) in [5, 5.41) is 12.5. The predicted octanol–water partition coefficient (Wildman–Crippen LogP) is 7.06. The second-order valence-electron chi connectivity index (χ2n) is 9.58. The van der Waals surface area contributed by atoms with Gasteiger partial charge in [0.15, 0.2) is 11.4 Å². The molecule has 0 aromatic heterocycles. The van der Waals surface area contributed by atoms with E-state index in [0.717, 1.165) is 5.56 Å². The van der Waals surface area contributed by atoms with E-state index in [1.807, 2.05) is 12.1 Å². The van der Waals surface area contributed by atoms with Crippen LogP contribution in [0.25, 0.3) is 0 Å². The van der Waals surface area contributed by atoms with Crippen molar-refractivity contribution in [1.29, 1.82) is 0 Å². The highest BCUT2D eigenvalue weighted by atomic mass is 79.9. The first-order valence-corrected chi connectivity index (χ1v) is 12.4. The van der Waals surface area contributed by atoms with Crippen LogP contribution in [0.3, 0.4) is 0 Å². The first-order valence-electron chi connectivity index (χ1n) is 10.8. The maximum absolute atomic E-state index is 13.6. The van der Waals surface area contributed by atoms with Crippen LogP contribution in [0.4, 0.5) is 5.69 Å². The quantitative estimate of drug-likeness (QED) is 0.340. The number of nitrogens with zero attached hydrogens (tertiary/aromatic N) is 1. The SMILES string of the molecule is CC(C)(C)c1ccc(C(=O)CC2(O)C(=O)N(Cc3ccc(Cl)cc3Cl)c3ccc(Br)cc32)cc1. The highest BCUT2D eigenvalue weighted by molar-refractivity contribution is 9.10. The summed E-state index contributed by atoms with van der Waals surface area (Å²) in [5.74, 6) is -0.875. The van der Waals surface area contributed by atoms with Crippen LogP contribution < -0.4 is 4.90 Å². The Morgan fingerprint density at radius 2 is 1.71 bits per heavy atom. The van der Waals surface area contributed by atoms with Crippen LogP contribution in [0.5, 0.6) is 0 Å². The van der Waals surface area contributed by atoms with E-state index >= 15 is 0 Å². The molecule has 0 saturated heterocycles. The van der Waals surface area contributed by atoms with Crippen LogP contribution in [-0.4, -0.2) is 16.8 Å². The molecular weight excluding hydrogens is 537 g/mol. The summed E-state index contributed by atoms with van der Waals surface area (Å²) in [6.45, 7) is 6.43. The zero-order valence-corrected chi connectivity index (χ0v) is 22.1. The van der Waals surface area contributed by atoms with Crippen molar-refractivity contribution in [3.05, 3.63) is 97.4 Å². The van der Waals surface area contributed by atoms with E-state index in [9.17, 15) is 14.7 Å². The minimum Gasteiger partial charge on any atom is -0.375 e. The lowest BCUT2D eigenvalue weighted by atomic mass is 9.85. The Balaban J connectivity index is 1.67. The number of hydrogen-bond donors (Lipinski definition) is 1. The molecule has 1 aliphatic rings. The van der Waals surface area contributed by atoms with Crippen LogP contribution in [0, 0.1) is 0 Å². The van der Waals surface area contributed by atoms with Crippen LogP contribution in [0.1, 0.15) is 54.2 Å². The molecule has 3 aromatic rings. The molecule has 34 heavy (non-hydrogen) atoms. The minimum atomic E-state index is -1.99. The Bertz CT molecular complexity index is 1280. The van der Waals surface area contributed by atoms with Gasteiger partial charge in [0.05, 0.1) is 18.7 Å². The molecule has 0 saturated carbocycles. The monoisotopic (exact) mass is 559 g/mol. The van der Waals surface area contributed by atoms with Gasteiger partial charge in [-0.2, -0.15) is 0 Å². The Hall–Kier alpha value is -2.18. The molecule has 3 aromatic carbocycles. The third kappa shape index (κ3) is 4.67. The van der Waals surface area contributed by atoms with Gasteiger partial charge in [0.25, 0.3) is 5.91 Å². The summed E-state index contributed by atoms with van der Waals surface area (Å²) in [5.41, 5.74) is 1.12. The smallest absolute Gasteiger partial charge is 0.264 e. The predicted molar refractivity (Wildman–Crippen MR) is 140 cm³/mol. The fraction of sp³-hybridized carbons (Fsp3) is 0.259. The van der Waals surface area contributed by atoms with Crippen LogP contribution >= 0.6 is 39.1 Å². The van der Waals surface area contributed by atoms with E-state index in [1.165, 1.54) is 4.90 Å². The summed E-state index contributed by atoms with van der Waals surface area (Å²) < 4.78 is 0.700. The summed E-state index contributed by atoms with van der Waals surface area (Å²) in [4.78, 5) is 28.2. The van der Waals surface area contributed by atoms with Crippen molar-refractivity contribution in [2.75, 3.05) is 4.90 Å². The second kappa shape index (κ2) is 9.12. The molecule has 0 spiro atoms. The lowest BCUT2D eigenvalue weighted by Crippen LogP contribution is -2.41. The molecule has 0 fully saturated rings. The van der Waals surface area contributed by atoms with Gasteiger partial charge in [0, 0.05) is 25.6 Å². The molecule has 0 bridgehead atoms. The number of hydrogen-bond acceptors (Lipinski definition) is 3. The van der Waals surface area contributed by atoms with Crippen LogP contribution in [0.2, 0.25) is 10.0 Å². The number of benzene rings is 3. The normalized spacial score (nSPS) is 17.7. The second-order valence-corrected chi connectivity index (χ2v) is 11.3. The van der Waals surface area contributed by atoms with Gasteiger partial charge in [-0.1, -0.05) is 90.2 Å². The summed E-state index contributed by atoms with van der Waals surface area (Å²) in [6.07, 6.45) is -0.366. The molecule has 1 aliphatic heterocycles. The number of carbonyl (C=O) groups is 2. The summed E-state index contributed by atoms with van der Waals surface area (Å²) in [7, 11) is 0. The number of halogens is 3. The Kier molecular flexibility index (Phi) is 6.69. The lowest BCUT2D eigenvalue weighted by Gasteiger charge is -2.23. The molecular formula is C27H24BrCl2NO3. The van der Waals surface area contributed by atoms with Gasteiger partial charge in [-0.3, -0.25) is 9.59 Å². The highest BCUT2D eigenvalue weighted by Crippen LogP contribution is 2.45.